The second kappa shape index (κ2) is 8.11. The zero-order valence-electron chi connectivity index (χ0n) is 15.5. The zero-order chi connectivity index (χ0) is 21.2. The Morgan fingerprint density at radius 2 is 2.03 bits per heavy atom. The quantitative estimate of drug-likeness (QED) is 0.306. The van der Waals surface area contributed by atoms with Crippen molar-refractivity contribution in [1.82, 2.24) is 9.71 Å². The first-order chi connectivity index (χ1) is 13.7. The lowest BCUT2D eigenvalue weighted by molar-refractivity contribution is -0.151. The minimum absolute atomic E-state index is 0.101. The number of ether oxygens (including phenoxy) is 2. The number of sulfonamides is 1. The Hall–Kier alpha value is -2.47. The molecule has 0 radical (unpaired) electrons. The van der Waals surface area contributed by atoms with Crippen LogP contribution in [0.2, 0.25) is 5.02 Å². The first-order valence-electron chi connectivity index (χ1n) is 8.58. The molecule has 1 aromatic heterocycles. The van der Waals surface area contributed by atoms with E-state index in [2.05, 4.69) is 15.0 Å². The van der Waals surface area contributed by atoms with Crippen LogP contribution in [0.5, 0.6) is 0 Å². The number of hydrogen-bond acceptors (Lipinski definition) is 7. The fourth-order valence-electron chi connectivity index (χ4n) is 3.16. The predicted molar refractivity (Wildman–Crippen MR) is 107 cm³/mol. The van der Waals surface area contributed by atoms with Gasteiger partial charge in [0.05, 0.1) is 17.0 Å². The highest BCUT2D eigenvalue weighted by Crippen LogP contribution is 2.31. The number of esters is 1. The van der Waals surface area contributed by atoms with E-state index in [0.717, 1.165) is 0 Å². The van der Waals surface area contributed by atoms with Crippen molar-refractivity contribution in [2.45, 2.75) is 23.3 Å². The van der Waals surface area contributed by atoms with Crippen LogP contribution in [0.15, 0.2) is 29.3 Å². The maximum absolute atomic E-state index is 13.1. The molecule has 0 aliphatic carbocycles. The number of aromatic nitrogens is 1. The molecule has 0 bridgehead atoms. The number of nitrogens with zero attached hydrogens (tertiary/aromatic N) is 1. The van der Waals surface area contributed by atoms with Gasteiger partial charge in [-0.25, -0.2) is 13.4 Å². The number of carbonyl (C=O) groups excluding carboxylic acids is 1. The van der Waals surface area contributed by atoms with E-state index < -0.39 is 21.5 Å². The largest absolute Gasteiger partial charge is 0.468 e. The molecule has 0 amide bonds. The topological polar surface area (TPSA) is 156 Å². The minimum atomic E-state index is -4.11. The number of benzene rings is 1. The van der Waals surface area contributed by atoms with Crippen molar-refractivity contribution < 1.29 is 22.7 Å². The van der Waals surface area contributed by atoms with Gasteiger partial charge < -0.3 is 20.5 Å². The predicted octanol–water partition coefficient (Wildman–Crippen LogP) is 1.19. The van der Waals surface area contributed by atoms with E-state index in [9.17, 15) is 13.2 Å². The van der Waals surface area contributed by atoms with Crippen molar-refractivity contribution in [3.05, 3.63) is 29.4 Å². The van der Waals surface area contributed by atoms with Crippen molar-refractivity contribution in [2.24, 2.45) is 5.73 Å². The lowest BCUT2D eigenvalue weighted by Gasteiger charge is -2.34. The molecule has 29 heavy (non-hydrogen) atoms. The van der Waals surface area contributed by atoms with Gasteiger partial charge in [-0.15, -0.1) is 0 Å². The van der Waals surface area contributed by atoms with Gasteiger partial charge in [0.25, 0.3) is 0 Å². The molecular formula is C17H20ClN5O5S. The number of halogens is 1. The van der Waals surface area contributed by atoms with E-state index in [-0.39, 0.29) is 42.7 Å². The Morgan fingerprint density at radius 1 is 1.34 bits per heavy atom. The van der Waals surface area contributed by atoms with Gasteiger partial charge >= 0.3 is 5.97 Å². The van der Waals surface area contributed by atoms with E-state index in [1.165, 1.54) is 31.5 Å². The number of pyridine rings is 1. The monoisotopic (exact) mass is 441 g/mol. The number of anilines is 1. The third-order valence-electron chi connectivity index (χ3n) is 4.63. The van der Waals surface area contributed by atoms with Gasteiger partial charge in [-0.3, -0.25) is 10.2 Å². The molecule has 0 unspecified atom stereocenters. The van der Waals surface area contributed by atoms with Crippen LogP contribution in [0.25, 0.3) is 10.8 Å². The van der Waals surface area contributed by atoms with Crippen molar-refractivity contribution in [3.8, 4) is 0 Å². The smallest absolute Gasteiger partial charge is 0.327 e. The molecule has 0 saturated carbocycles. The van der Waals surface area contributed by atoms with Gasteiger partial charge in [0, 0.05) is 43.0 Å². The van der Waals surface area contributed by atoms with Gasteiger partial charge in [-0.1, -0.05) is 17.7 Å². The number of nitrogens with two attached hydrogens (primary N) is 1. The molecule has 1 saturated heterocycles. The zero-order valence-corrected chi connectivity index (χ0v) is 17.1. The van der Waals surface area contributed by atoms with Crippen LogP contribution < -0.4 is 15.8 Å². The molecule has 2 heterocycles. The number of guanidine groups is 1. The fraction of sp³-hybridized carbons (Fsp3) is 0.353. The molecule has 0 atom stereocenters. The fourth-order valence-corrected chi connectivity index (χ4v) is 4.81. The lowest BCUT2D eigenvalue weighted by atomic mass is 9.92. The number of fused-ring (bicyclic) bond motifs is 1. The van der Waals surface area contributed by atoms with Crippen LogP contribution in [-0.4, -0.2) is 51.2 Å². The van der Waals surface area contributed by atoms with E-state index in [4.69, 9.17) is 32.2 Å². The summed E-state index contributed by atoms with van der Waals surface area (Å²) in [6.07, 6.45) is 1.67. The average Bonchev–Trinajstić information content (AvgIpc) is 2.69. The molecule has 1 fully saturated rings. The highest BCUT2D eigenvalue weighted by Gasteiger charge is 2.44. The summed E-state index contributed by atoms with van der Waals surface area (Å²) in [7, 11) is -2.91. The van der Waals surface area contributed by atoms with Gasteiger partial charge in [0.2, 0.25) is 10.0 Å². The Labute approximate surface area is 172 Å². The first kappa shape index (κ1) is 21.2. The van der Waals surface area contributed by atoms with Gasteiger partial charge in [-0.2, -0.15) is 4.72 Å². The molecule has 3 rings (SSSR count). The second-order valence-corrected chi connectivity index (χ2v) is 8.58. The summed E-state index contributed by atoms with van der Waals surface area (Å²) in [6, 6.07) is 4.25. The van der Waals surface area contributed by atoms with Crippen molar-refractivity contribution in [2.75, 3.05) is 25.6 Å². The average molecular weight is 442 g/mol. The second-order valence-electron chi connectivity index (χ2n) is 6.49. The summed E-state index contributed by atoms with van der Waals surface area (Å²) in [5.74, 6) is -0.851. The lowest BCUT2D eigenvalue weighted by Crippen LogP contribution is -2.57. The Bertz CT molecular complexity index is 1070. The minimum Gasteiger partial charge on any atom is -0.468 e. The Morgan fingerprint density at radius 3 is 2.66 bits per heavy atom. The molecule has 1 aliphatic rings. The maximum atomic E-state index is 13.1. The highest BCUT2D eigenvalue weighted by molar-refractivity contribution is 7.89. The molecule has 10 nitrogen and oxygen atoms in total. The number of carbonyl (C=O) groups is 1. The Balaban J connectivity index is 2.06. The summed E-state index contributed by atoms with van der Waals surface area (Å²) in [5, 5.41) is 11.1. The van der Waals surface area contributed by atoms with Gasteiger partial charge in [0.15, 0.2) is 5.96 Å². The van der Waals surface area contributed by atoms with E-state index in [0.29, 0.717) is 15.8 Å². The summed E-state index contributed by atoms with van der Waals surface area (Å²) in [4.78, 5) is 16.3. The molecule has 5 N–H and O–H groups in total. The van der Waals surface area contributed by atoms with Gasteiger partial charge in [0.1, 0.15) is 11.4 Å². The first-order valence-corrected chi connectivity index (χ1v) is 10.4. The number of hydrogen-bond donors (Lipinski definition) is 4. The normalized spacial score (nSPS) is 16.3. The van der Waals surface area contributed by atoms with Crippen LogP contribution in [0.3, 0.4) is 0 Å². The number of rotatable bonds is 5. The van der Waals surface area contributed by atoms with Crippen LogP contribution in [0.4, 0.5) is 5.82 Å². The molecule has 156 valence electrons. The van der Waals surface area contributed by atoms with E-state index in [1.807, 2.05) is 0 Å². The Kier molecular flexibility index (Phi) is 5.94. The summed E-state index contributed by atoms with van der Waals surface area (Å²) in [5.41, 5.74) is 3.96. The molecule has 1 aliphatic heterocycles. The summed E-state index contributed by atoms with van der Waals surface area (Å²) in [6.45, 7) is 0.448. The molecule has 1 aromatic carbocycles. The van der Waals surface area contributed by atoms with Crippen LogP contribution in [-0.2, 0) is 24.3 Å². The van der Waals surface area contributed by atoms with Crippen LogP contribution in [0, 0.1) is 5.41 Å². The van der Waals surface area contributed by atoms with E-state index in [1.54, 1.807) is 0 Å². The SMILES string of the molecule is COC(=O)C1(NS(=O)(=O)c2ccc3c(Cl)cnc(NC(=N)N)c3c2)CCOCC1. The van der Waals surface area contributed by atoms with Crippen molar-refractivity contribution in [3.63, 3.8) is 0 Å². The van der Waals surface area contributed by atoms with E-state index >= 15 is 0 Å². The summed E-state index contributed by atoms with van der Waals surface area (Å²) >= 11 is 6.15. The van der Waals surface area contributed by atoms with Gasteiger partial charge in [-0.05, 0) is 12.1 Å². The third-order valence-corrected chi connectivity index (χ3v) is 6.46. The number of methoxy groups -OCH3 is 1. The van der Waals surface area contributed by atoms with Crippen molar-refractivity contribution in [1.29, 1.82) is 5.41 Å². The molecule has 0 spiro atoms. The third kappa shape index (κ3) is 4.27. The van der Waals surface area contributed by atoms with Crippen LogP contribution >= 0.6 is 11.6 Å². The number of nitrogens with one attached hydrogen (secondary N) is 3. The maximum Gasteiger partial charge on any atom is 0.327 e. The highest BCUT2D eigenvalue weighted by atomic mass is 35.5. The molecule has 12 heteroatoms. The standard InChI is InChI=1S/C17H20ClN5O5S/c1-27-15(24)17(4-6-28-7-5-17)23-29(25,26)10-2-3-11-12(8-10)14(22-16(19)20)21-9-13(11)18/h2-3,8-9,23H,4-7H2,1H3,(H4,19,20,21,22). The molecule has 2 aromatic rings. The molecular weight excluding hydrogens is 422 g/mol. The summed E-state index contributed by atoms with van der Waals surface area (Å²) < 4.78 is 38.8. The van der Waals surface area contributed by atoms with Crippen molar-refractivity contribution >= 4 is 50.1 Å². The van der Waals surface area contributed by atoms with Crippen LogP contribution in [0.1, 0.15) is 12.8 Å².